The van der Waals surface area contributed by atoms with Gasteiger partial charge in [0.25, 0.3) is 0 Å². The van der Waals surface area contributed by atoms with Crippen molar-refractivity contribution in [1.82, 2.24) is 4.72 Å². The molecule has 0 radical (unpaired) electrons. The van der Waals surface area contributed by atoms with Gasteiger partial charge in [-0.25, -0.2) is 17.5 Å². The van der Waals surface area contributed by atoms with E-state index in [2.05, 4.69) is 4.72 Å². The van der Waals surface area contributed by atoms with Gasteiger partial charge in [-0.05, 0) is 24.6 Å². The third kappa shape index (κ3) is 2.35. The molecule has 0 spiro atoms. The Hall–Kier alpha value is -0.690. The van der Waals surface area contributed by atoms with Gasteiger partial charge < -0.3 is 5.73 Å². The van der Waals surface area contributed by atoms with Crippen LogP contribution in [0.25, 0.3) is 0 Å². The third-order valence-electron chi connectivity index (χ3n) is 2.33. The molecule has 0 heterocycles. The van der Waals surface area contributed by atoms with E-state index in [0.29, 0.717) is 6.42 Å². The summed E-state index contributed by atoms with van der Waals surface area (Å²) >= 11 is 5.53. The summed E-state index contributed by atoms with van der Waals surface area (Å²) in [7, 11) is -3.84. The number of hydrogen-bond donors (Lipinski definition) is 2. The normalized spacial score (nSPS) is 24.4. The van der Waals surface area contributed by atoms with E-state index < -0.39 is 20.7 Å². The lowest BCUT2D eigenvalue weighted by molar-refractivity contribution is 0.556. The molecule has 1 aromatic rings. The number of nitrogens with one attached hydrogen (secondary N) is 1. The third-order valence-corrected chi connectivity index (χ3v) is 4.09. The van der Waals surface area contributed by atoms with E-state index in [1.807, 2.05) is 0 Å². The standard InChI is InChI=1S/C9H10ClFN2O2S/c10-5-1-2-9(6(11)3-5)16(14,15)13-8-4-7(8)12/h1-3,7-8,13H,4,12H2. The van der Waals surface area contributed by atoms with E-state index >= 15 is 0 Å². The number of benzene rings is 1. The Bertz CT molecular complexity index is 520. The second-order valence-corrected chi connectivity index (χ2v) is 5.82. The second-order valence-electron chi connectivity index (χ2n) is 3.70. The first-order valence-electron chi connectivity index (χ1n) is 4.63. The highest BCUT2D eigenvalue weighted by atomic mass is 35.5. The van der Waals surface area contributed by atoms with Crippen LogP contribution in [0.1, 0.15) is 6.42 Å². The highest BCUT2D eigenvalue weighted by Gasteiger charge is 2.37. The minimum Gasteiger partial charge on any atom is -0.326 e. The topological polar surface area (TPSA) is 72.2 Å². The minimum atomic E-state index is -3.84. The second kappa shape index (κ2) is 3.96. The molecular weight excluding hydrogens is 255 g/mol. The Balaban J connectivity index is 2.28. The molecule has 88 valence electrons. The Morgan fingerprint density at radius 1 is 1.50 bits per heavy atom. The molecule has 1 fully saturated rings. The van der Waals surface area contributed by atoms with Crippen LogP contribution in [0.4, 0.5) is 4.39 Å². The van der Waals surface area contributed by atoms with Gasteiger partial charge in [-0.3, -0.25) is 0 Å². The van der Waals surface area contributed by atoms with E-state index in [0.717, 1.165) is 12.1 Å². The molecular formula is C9H10ClFN2O2S. The summed E-state index contributed by atoms with van der Waals surface area (Å²) in [5, 5.41) is 0.152. The highest BCUT2D eigenvalue weighted by Crippen LogP contribution is 2.23. The summed E-state index contributed by atoms with van der Waals surface area (Å²) in [6.45, 7) is 0. The summed E-state index contributed by atoms with van der Waals surface area (Å²) in [5.74, 6) is -0.866. The number of sulfonamides is 1. The fraction of sp³-hybridized carbons (Fsp3) is 0.333. The number of halogens is 2. The Morgan fingerprint density at radius 2 is 2.12 bits per heavy atom. The van der Waals surface area contributed by atoms with E-state index in [-0.39, 0.29) is 17.1 Å². The van der Waals surface area contributed by atoms with E-state index in [9.17, 15) is 12.8 Å². The molecule has 4 nitrogen and oxygen atoms in total. The van der Waals surface area contributed by atoms with Gasteiger partial charge >= 0.3 is 0 Å². The lowest BCUT2D eigenvalue weighted by Crippen LogP contribution is -2.30. The van der Waals surface area contributed by atoms with Crippen molar-refractivity contribution >= 4 is 21.6 Å². The van der Waals surface area contributed by atoms with E-state index in [1.165, 1.54) is 6.07 Å². The Labute approximate surface area is 97.6 Å². The van der Waals surface area contributed by atoms with Crippen LogP contribution in [-0.2, 0) is 10.0 Å². The van der Waals surface area contributed by atoms with Gasteiger partial charge in [-0.15, -0.1) is 0 Å². The number of rotatable bonds is 3. The maximum Gasteiger partial charge on any atom is 0.243 e. The Morgan fingerprint density at radius 3 is 2.62 bits per heavy atom. The zero-order chi connectivity index (χ0) is 11.9. The van der Waals surface area contributed by atoms with Crippen molar-refractivity contribution in [3.05, 3.63) is 29.0 Å². The van der Waals surface area contributed by atoms with Gasteiger partial charge in [-0.1, -0.05) is 11.6 Å². The zero-order valence-electron chi connectivity index (χ0n) is 8.15. The van der Waals surface area contributed by atoms with Gasteiger partial charge in [0.1, 0.15) is 10.7 Å². The highest BCUT2D eigenvalue weighted by molar-refractivity contribution is 7.89. The van der Waals surface area contributed by atoms with E-state index in [4.69, 9.17) is 17.3 Å². The van der Waals surface area contributed by atoms with Gasteiger partial charge in [0, 0.05) is 17.1 Å². The molecule has 1 saturated carbocycles. The first-order valence-corrected chi connectivity index (χ1v) is 6.49. The lowest BCUT2D eigenvalue weighted by atomic mass is 10.3. The van der Waals surface area contributed by atoms with Crippen molar-refractivity contribution < 1.29 is 12.8 Å². The molecule has 0 aliphatic heterocycles. The molecule has 3 N–H and O–H groups in total. The van der Waals surface area contributed by atoms with Crippen molar-refractivity contribution in [2.45, 2.75) is 23.4 Å². The molecule has 1 aromatic carbocycles. The van der Waals surface area contributed by atoms with Crippen molar-refractivity contribution in [2.24, 2.45) is 5.73 Å². The molecule has 1 aliphatic carbocycles. The summed E-state index contributed by atoms with van der Waals surface area (Å²) < 4.78 is 39.1. The van der Waals surface area contributed by atoms with Crippen LogP contribution in [0.2, 0.25) is 5.02 Å². The molecule has 0 saturated heterocycles. The van der Waals surface area contributed by atoms with Gasteiger partial charge in [-0.2, -0.15) is 0 Å². The summed E-state index contributed by atoms with van der Waals surface area (Å²) in [6, 6.07) is 2.95. The largest absolute Gasteiger partial charge is 0.326 e. The molecule has 7 heteroatoms. The fourth-order valence-electron chi connectivity index (χ4n) is 1.31. The first-order chi connectivity index (χ1) is 7.40. The smallest absolute Gasteiger partial charge is 0.243 e. The predicted octanol–water partition coefficient (Wildman–Crippen LogP) is 0.857. The predicted molar refractivity (Wildman–Crippen MR) is 58.1 cm³/mol. The van der Waals surface area contributed by atoms with Gasteiger partial charge in [0.15, 0.2) is 0 Å². The van der Waals surface area contributed by atoms with Crippen molar-refractivity contribution in [3.8, 4) is 0 Å². The van der Waals surface area contributed by atoms with Crippen LogP contribution in [0.3, 0.4) is 0 Å². The van der Waals surface area contributed by atoms with Crippen LogP contribution < -0.4 is 10.5 Å². The summed E-state index contributed by atoms with van der Waals surface area (Å²) in [4.78, 5) is -0.406. The van der Waals surface area contributed by atoms with E-state index in [1.54, 1.807) is 0 Å². The molecule has 0 amide bonds. The molecule has 2 atom stereocenters. The van der Waals surface area contributed by atoms with Crippen molar-refractivity contribution in [1.29, 1.82) is 0 Å². The monoisotopic (exact) mass is 264 g/mol. The van der Waals surface area contributed by atoms with Gasteiger partial charge in [0.2, 0.25) is 10.0 Å². The van der Waals surface area contributed by atoms with Gasteiger partial charge in [0.05, 0.1) is 0 Å². The Kier molecular flexibility index (Phi) is 2.91. The lowest BCUT2D eigenvalue weighted by Gasteiger charge is -2.06. The zero-order valence-corrected chi connectivity index (χ0v) is 9.72. The maximum absolute atomic E-state index is 13.4. The quantitative estimate of drug-likeness (QED) is 0.850. The van der Waals surface area contributed by atoms with Crippen LogP contribution in [0.15, 0.2) is 23.1 Å². The molecule has 0 aromatic heterocycles. The number of hydrogen-bond acceptors (Lipinski definition) is 3. The SMILES string of the molecule is NC1CC1NS(=O)(=O)c1ccc(Cl)cc1F. The average Bonchev–Trinajstić information content (AvgIpc) is 2.79. The van der Waals surface area contributed by atoms with Crippen molar-refractivity contribution in [2.75, 3.05) is 0 Å². The molecule has 2 rings (SSSR count). The molecule has 1 aliphatic rings. The van der Waals surface area contributed by atoms with Crippen LogP contribution >= 0.6 is 11.6 Å². The minimum absolute atomic E-state index is 0.152. The molecule has 0 bridgehead atoms. The van der Waals surface area contributed by atoms with Crippen molar-refractivity contribution in [3.63, 3.8) is 0 Å². The van der Waals surface area contributed by atoms with Crippen LogP contribution in [0.5, 0.6) is 0 Å². The summed E-state index contributed by atoms with van der Waals surface area (Å²) in [5.41, 5.74) is 5.47. The molecule has 16 heavy (non-hydrogen) atoms. The number of nitrogens with two attached hydrogens (primary N) is 1. The molecule has 2 unspecified atom stereocenters. The first kappa shape index (κ1) is 11.8. The van der Waals surface area contributed by atoms with Crippen LogP contribution in [0, 0.1) is 5.82 Å². The summed E-state index contributed by atoms with van der Waals surface area (Å²) in [6.07, 6.45) is 0.578. The fourth-order valence-corrected chi connectivity index (χ4v) is 2.82. The maximum atomic E-state index is 13.4. The van der Waals surface area contributed by atoms with Crippen LogP contribution in [-0.4, -0.2) is 20.5 Å². The average molecular weight is 265 g/mol.